The Kier molecular flexibility index (Phi) is 4.12. The van der Waals surface area contributed by atoms with E-state index in [1.54, 1.807) is 0 Å². The molecule has 0 aromatic heterocycles. The Bertz CT molecular complexity index is 706. The van der Waals surface area contributed by atoms with Crippen molar-refractivity contribution in [2.75, 3.05) is 18.5 Å². The fourth-order valence-corrected chi connectivity index (χ4v) is 2.86. The van der Waals surface area contributed by atoms with E-state index in [-0.39, 0.29) is 0 Å². The third-order valence-electron chi connectivity index (χ3n) is 3.59. The Morgan fingerprint density at radius 1 is 1.24 bits per heavy atom. The number of fused-ring (bicyclic) bond motifs is 1. The molecule has 0 aliphatic carbocycles. The van der Waals surface area contributed by atoms with E-state index in [1.807, 2.05) is 18.2 Å². The average Bonchev–Trinajstić information content (AvgIpc) is 2.96. The van der Waals surface area contributed by atoms with Crippen LogP contribution in [0.2, 0.25) is 0 Å². The van der Waals surface area contributed by atoms with Crippen molar-refractivity contribution >= 4 is 21.6 Å². The lowest BCUT2D eigenvalue weighted by Crippen LogP contribution is -2.06. The van der Waals surface area contributed by atoms with Crippen molar-refractivity contribution in [3.8, 4) is 11.8 Å². The molecule has 3 nitrogen and oxygen atoms in total. The second-order valence-electron chi connectivity index (χ2n) is 5.02. The molecule has 0 radical (unpaired) electrons. The Morgan fingerprint density at radius 3 is 3.00 bits per heavy atom. The summed E-state index contributed by atoms with van der Waals surface area (Å²) in [4.78, 5) is 0. The first kappa shape index (κ1) is 14.0. The molecule has 0 fully saturated rings. The zero-order chi connectivity index (χ0) is 14.7. The number of anilines is 1. The number of hydrogen-bond acceptors (Lipinski definition) is 3. The predicted molar refractivity (Wildman–Crippen MR) is 86.7 cm³/mol. The van der Waals surface area contributed by atoms with Gasteiger partial charge in [-0.1, -0.05) is 28.1 Å². The summed E-state index contributed by atoms with van der Waals surface area (Å²) in [5.41, 5.74) is 4.13. The van der Waals surface area contributed by atoms with Crippen LogP contribution in [-0.4, -0.2) is 13.2 Å². The molecule has 2 aromatic carbocycles. The number of nitrogens with zero attached hydrogens (tertiary/aromatic N) is 1. The second kappa shape index (κ2) is 6.19. The Labute approximate surface area is 132 Å². The summed E-state index contributed by atoms with van der Waals surface area (Å²) in [7, 11) is 0. The quantitative estimate of drug-likeness (QED) is 0.916. The van der Waals surface area contributed by atoms with Crippen LogP contribution >= 0.6 is 15.9 Å². The van der Waals surface area contributed by atoms with Gasteiger partial charge >= 0.3 is 0 Å². The zero-order valence-corrected chi connectivity index (χ0v) is 13.1. The molecule has 21 heavy (non-hydrogen) atoms. The second-order valence-corrected chi connectivity index (χ2v) is 5.93. The van der Waals surface area contributed by atoms with Gasteiger partial charge in [-0.3, -0.25) is 0 Å². The smallest absolute Gasteiger partial charge is 0.122 e. The van der Waals surface area contributed by atoms with E-state index >= 15 is 0 Å². The molecule has 1 heterocycles. The van der Waals surface area contributed by atoms with Gasteiger partial charge in [-0.15, -0.1) is 0 Å². The van der Waals surface area contributed by atoms with Crippen molar-refractivity contribution < 1.29 is 4.74 Å². The van der Waals surface area contributed by atoms with Crippen molar-refractivity contribution in [3.63, 3.8) is 0 Å². The highest BCUT2D eigenvalue weighted by molar-refractivity contribution is 9.10. The Balaban J connectivity index is 1.63. The van der Waals surface area contributed by atoms with Gasteiger partial charge in [0, 0.05) is 17.4 Å². The summed E-state index contributed by atoms with van der Waals surface area (Å²) in [6.45, 7) is 1.59. The van der Waals surface area contributed by atoms with E-state index in [2.05, 4.69) is 45.5 Å². The summed E-state index contributed by atoms with van der Waals surface area (Å²) >= 11 is 3.38. The van der Waals surface area contributed by atoms with Crippen LogP contribution in [0.25, 0.3) is 0 Å². The van der Waals surface area contributed by atoms with Crippen LogP contribution in [0.15, 0.2) is 40.9 Å². The maximum atomic E-state index is 9.14. The molecule has 1 aliphatic rings. The lowest BCUT2D eigenvalue weighted by atomic mass is 10.1. The Hall–Kier alpha value is -1.99. The lowest BCUT2D eigenvalue weighted by molar-refractivity contribution is 0.357. The molecule has 0 saturated heterocycles. The van der Waals surface area contributed by atoms with Crippen LogP contribution < -0.4 is 10.1 Å². The van der Waals surface area contributed by atoms with Crippen LogP contribution in [0.3, 0.4) is 0 Å². The molecular weight excluding hydrogens is 328 g/mol. The van der Waals surface area contributed by atoms with Crippen molar-refractivity contribution in [3.05, 3.63) is 57.6 Å². The molecule has 1 N–H and O–H groups in total. The summed E-state index contributed by atoms with van der Waals surface area (Å²) in [6.07, 6.45) is 1.93. The molecule has 0 unspecified atom stereocenters. The largest absolute Gasteiger partial charge is 0.493 e. The maximum Gasteiger partial charge on any atom is 0.122 e. The van der Waals surface area contributed by atoms with Gasteiger partial charge < -0.3 is 10.1 Å². The minimum Gasteiger partial charge on any atom is -0.493 e. The standard InChI is InChI=1S/C17H15BrN2O/c18-15-2-3-16(14(10-15)11-19)20-7-5-12-1-4-17-13(9-12)6-8-21-17/h1-4,9-10,20H,5-8H2. The highest BCUT2D eigenvalue weighted by Gasteiger charge is 2.11. The van der Waals surface area contributed by atoms with Crippen molar-refractivity contribution in [1.29, 1.82) is 5.26 Å². The van der Waals surface area contributed by atoms with Gasteiger partial charge in [0.1, 0.15) is 11.8 Å². The van der Waals surface area contributed by atoms with Crippen LogP contribution in [0, 0.1) is 11.3 Å². The third-order valence-corrected chi connectivity index (χ3v) is 4.08. The molecule has 0 saturated carbocycles. The summed E-state index contributed by atoms with van der Waals surface area (Å²) in [6, 6.07) is 14.3. The monoisotopic (exact) mass is 342 g/mol. The summed E-state index contributed by atoms with van der Waals surface area (Å²) in [5, 5.41) is 12.5. The van der Waals surface area contributed by atoms with Crippen molar-refractivity contribution in [2.24, 2.45) is 0 Å². The summed E-state index contributed by atoms with van der Waals surface area (Å²) < 4.78 is 6.43. The minimum atomic E-state index is 0.659. The van der Waals surface area contributed by atoms with Gasteiger partial charge in [-0.25, -0.2) is 0 Å². The van der Waals surface area contributed by atoms with Crippen molar-refractivity contribution in [1.82, 2.24) is 0 Å². The molecule has 4 heteroatoms. The van der Waals surface area contributed by atoms with E-state index < -0.39 is 0 Å². The van der Waals surface area contributed by atoms with Gasteiger partial charge in [0.15, 0.2) is 0 Å². The van der Waals surface area contributed by atoms with E-state index in [0.29, 0.717) is 5.56 Å². The number of nitrogens with one attached hydrogen (secondary N) is 1. The molecule has 2 aromatic rings. The van der Waals surface area contributed by atoms with E-state index in [1.165, 1.54) is 11.1 Å². The lowest BCUT2D eigenvalue weighted by Gasteiger charge is -2.09. The number of nitriles is 1. The number of ether oxygens (including phenoxy) is 1. The third kappa shape index (κ3) is 3.20. The zero-order valence-electron chi connectivity index (χ0n) is 11.5. The van der Waals surface area contributed by atoms with Gasteiger partial charge in [-0.2, -0.15) is 5.26 Å². The summed E-state index contributed by atoms with van der Waals surface area (Å²) in [5.74, 6) is 1.02. The first-order valence-corrected chi connectivity index (χ1v) is 7.74. The van der Waals surface area contributed by atoms with Gasteiger partial charge in [0.25, 0.3) is 0 Å². The van der Waals surface area contributed by atoms with Crippen LogP contribution in [0.5, 0.6) is 5.75 Å². The van der Waals surface area contributed by atoms with Gasteiger partial charge in [-0.05, 0) is 41.8 Å². The minimum absolute atomic E-state index is 0.659. The SMILES string of the molecule is N#Cc1cc(Br)ccc1NCCc1ccc2c(c1)CCO2. The topological polar surface area (TPSA) is 45.0 Å². The number of hydrogen-bond donors (Lipinski definition) is 1. The molecule has 0 amide bonds. The molecular formula is C17H15BrN2O. The molecule has 0 spiro atoms. The first-order chi connectivity index (χ1) is 10.3. The molecule has 1 aliphatic heterocycles. The molecule has 0 bridgehead atoms. The average molecular weight is 343 g/mol. The molecule has 106 valence electrons. The number of benzene rings is 2. The van der Waals surface area contributed by atoms with Crippen LogP contribution in [0.4, 0.5) is 5.69 Å². The van der Waals surface area contributed by atoms with E-state index in [9.17, 15) is 0 Å². The van der Waals surface area contributed by atoms with Crippen LogP contribution in [0.1, 0.15) is 16.7 Å². The van der Waals surface area contributed by atoms with Crippen molar-refractivity contribution in [2.45, 2.75) is 12.8 Å². The van der Waals surface area contributed by atoms with Gasteiger partial charge in [0.2, 0.25) is 0 Å². The van der Waals surface area contributed by atoms with E-state index in [4.69, 9.17) is 10.00 Å². The highest BCUT2D eigenvalue weighted by atomic mass is 79.9. The maximum absolute atomic E-state index is 9.14. The fourth-order valence-electron chi connectivity index (χ4n) is 2.50. The first-order valence-electron chi connectivity index (χ1n) is 6.94. The van der Waals surface area contributed by atoms with Gasteiger partial charge in [0.05, 0.1) is 17.9 Å². The van der Waals surface area contributed by atoms with Crippen LogP contribution in [-0.2, 0) is 12.8 Å². The normalized spacial score (nSPS) is 12.4. The highest BCUT2D eigenvalue weighted by Crippen LogP contribution is 2.26. The molecule has 3 rings (SSSR count). The molecule has 0 atom stereocenters. The predicted octanol–water partition coefficient (Wildman–Crippen LogP) is 3.91. The number of halogens is 1. The number of rotatable bonds is 4. The Morgan fingerprint density at radius 2 is 2.14 bits per heavy atom. The fraction of sp³-hybridized carbons (Fsp3) is 0.235. The van der Waals surface area contributed by atoms with E-state index in [0.717, 1.165) is 41.9 Å².